The molecule has 1 aromatic rings. The predicted molar refractivity (Wildman–Crippen MR) is 108 cm³/mol. The second-order valence-electron chi connectivity index (χ2n) is 8.67. The van der Waals surface area contributed by atoms with Crippen molar-refractivity contribution in [2.24, 2.45) is 11.3 Å². The first-order chi connectivity index (χ1) is 12.7. The Morgan fingerprint density at radius 2 is 1.85 bits per heavy atom. The molecule has 1 aliphatic heterocycles. The van der Waals surface area contributed by atoms with Gasteiger partial charge in [0.1, 0.15) is 5.75 Å². The molecule has 1 aromatic carbocycles. The van der Waals surface area contributed by atoms with E-state index >= 15 is 0 Å². The monoisotopic (exact) mass is 374 g/mol. The summed E-state index contributed by atoms with van der Waals surface area (Å²) >= 11 is 0. The van der Waals surface area contributed by atoms with Crippen LogP contribution in [0.4, 0.5) is 0 Å². The van der Waals surface area contributed by atoms with Crippen LogP contribution in [-0.4, -0.2) is 43.5 Å². The number of ether oxygens (including phenoxy) is 1. The largest absolute Gasteiger partial charge is 0.497 e. The first kappa shape index (κ1) is 21.3. The molecule has 1 saturated heterocycles. The van der Waals surface area contributed by atoms with Crippen LogP contribution in [0.2, 0.25) is 0 Å². The van der Waals surface area contributed by atoms with Crippen molar-refractivity contribution in [1.29, 1.82) is 0 Å². The molecular weight excluding hydrogens is 340 g/mol. The van der Waals surface area contributed by atoms with Gasteiger partial charge in [-0.1, -0.05) is 46.2 Å². The van der Waals surface area contributed by atoms with Gasteiger partial charge < -0.3 is 15.0 Å². The summed E-state index contributed by atoms with van der Waals surface area (Å²) in [4.78, 5) is 27.4. The summed E-state index contributed by atoms with van der Waals surface area (Å²) in [5, 5.41) is 3.05. The molecule has 2 rings (SSSR count). The molecule has 5 nitrogen and oxygen atoms in total. The van der Waals surface area contributed by atoms with Crippen molar-refractivity contribution in [1.82, 2.24) is 10.2 Å². The molecule has 1 heterocycles. The van der Waals surface area contributed by atoms with Crippen LogP contribution < -0.4 is 10.1 Å². The molecule has 0 saturated carbocycles. The molecule has 0 aliphatic carbocycles. The number of carbonyl (C=O) groups excluding carboxylic acids is 2. The van der Waals surface area contributed by atoms with Crippen molar-refractivity contribution < 1.29 is 14.3 Å². The highest BCUT2D eigenvalue weighted by molar-refractivity contribution is 5.83. The van der Waals surface area contributed by atoms with Crippen molar-refractivity contribution in [3.8, 4) is 5.75 Å². The Morgan fingerprint density at radius 3 is 2.41 bits per heavy atom. The zero-order chi connectivity index (χ0) is 20.0. The molecule has 27 heavy (non-hydrogen) atoms. The zero-order valence-corrected chi connectivity index (χ0v) is 17.4. The lowest BCUT2D eigenvalue weighted by atomic mass is 9.88. The Morgan fingerprint density at radius 1 is 1.19 bits per heavy atom. The number of hydrogen-bond acceptors (Lipinski definition) is 3. The first-order valence-corrected chi connectivity index (χ1v) is 9.94. The molecule has 2 atom stereocenters. The summed E-state index contributed by atoms with van der Waals surface area (Å²) in [5.41, 5.74) is 1.02. The van der Waals surface area contributed by atoms with Crippen LogP contribution in [0.25, 0.3) is 0 Å². The summed E-state index contributed by atoms with van der Waals surface area (Å²) in [6, 6.07) is 7.85. The molecular formula is C22H34N2O3. The number of nitrogens with zero attached hydrogens (tertiary/aromatic N) is 1. The standard InChI is InChI=1S/C22H34N2O3/c1-6-7-12-23-21(26)19-15-24(20(25)13-22(2,3)4)14-18(19)16-8-10-17(27-5)11-9-16/h8-11,18-19H,6-7,12-15H2,1-5H3,(H,23,26). The Hall–Kier alpha value is -2.04. The number of hydrogen-bond donors (Lipinski definition) is 1. The van der Waals surface area contributed by atoms with Gasteiger partial charge in [0.15, 0.2) is 0 Å². The van der Waals surface area contributed by atoms with Gasteiger partial charge in [0, 0.05) is 32.0 Å². The molecule has 1 N–H and O–H groups in total. The average Bonchev–Trinajstić information content (AvgIpc) is 3.06. The van der Waals surface area contributed by atoms with Crippen LogP contribution in [0, 0.1) is 11.3 Å². The highest BCUT2D eigenvalue weighted by Gasteiger charge is 2.40. The number of likely N-dealkylation sites (tertiary alicyclic amines) is 1. The lowest BCUT2D eigenvalue weighted by molar-refractivity contribution is -0.132. The Balaban J connectivity index is 2.17. The molecule has 2 unspecified atom stereocenters. The van der Waals surface area contributed by atoms with Crippen molar-refractivity contribution >= 4 is 11.8 Å². The van der Waals surface area contributed by atoms with E-state index in [2.05, 4.69) is 33.0 Å². The van der Waals surface area contributed by atoms with Crippen molar-refractivity contribution in [3.05, 3.63) is 29.8 Å². The third-order valence-electron chi connectivity index (χ3n) is 5.06. The van der Waals surface area contributed by atoms with Crippen molar-refractivity contribution in [2.45, 2.75) is 52.9 Å². The minimum Gasteiger partial charge on any atom is -0.497 e. The van der Waals surface area contributed by atoms with E-state index in [1.54, 1.807) is 7.11 Å². The second kappa shape index (κ2) is 9.25. The summed E-state index contributed by atoms with van der Waals surface area (Å²) < 4.78 is 5.24. The smallest absolute Gasteiger partial charge is 0.225 e. The molecule has 2 amide bonds. The Bertz CT molecular complexity index is 634. The number of methoxy groups -OCH3 is 1. The minimum atomic E-state index is -0.209. The van der Waals surface area contributed by atoms with Crippen molar-refractivity contribution in [2.75, 3.05) is 26.7 Å². The van der Waals surface area contributed by atoms with Gasteiger partial charge in [0.05, 0.1) is 13.0 Å². The number of nitrogens with one attached hydrogen (secondary N) is 1. The van der Waals surface area contributed by atoms with E-state index in [0.717, 1.165) is 24.2 Å². The maximum atomic E-state index is 12.8. The van der Waals surface area contributed by atoms with Crippen LogP contribution in [0.5, 0.6) is 5.75 Å². The Labute approximate surface area is 163 Å². The van der Waals surface area contributed by atoms with Gasteiger partial charge in [-0.25, -0.2) is 0 Å². The van der Waals surface area contributed by atoms with E-state index < -0.39 is 0 Å². The number of unbranched alkanes of at least 4 members (excludes halogenated alkanes) is 1. The topological polar surface area (TPSA) is 58.6 Å². The second-order valence-corrected chi connectivity index (χ2v) is 8.67. The lowest BCUT2D eigenvalue weighted by Gasteiger charge is -2.23. The molecule has 0 radical (unpaired) electrons. The number of amides is 2. The molecule has 0 spiro atoms. The number of rotatable bonds is 7. The van der Waals surface area contributed by atoms with Crippen LogP contribution in [0.1, 0.15) is 58.4 Å². The molecule has 150 valence electrons. The third-order valence-corrected chi connectivity index (χ3v) is 5.06. The van der Waals surface area contributed by atoms with Gasteiger partial charge in [-0.05, 0) is 29.5 Å². The van der Waals surface area contributed by atoms with Gasteiger partial charge in [-0.3, -0.25) is 9.59 Å². The summed E-state index contributed by atoms with van der Waals surface area (Å²) in [7, 11) is 1.64. The predicted octanol–water partition coefficient (Wildman–Crippen LogP) is 3.59. The van der Waals surface area contributed by atoms with E-state index in [9.17, 15) is 9.59 Å². The minimum absolute atomic E-state index is 0.0152. The van der Waals surface area contributed by atoms with E-state index in [-0.39, 0.29) is 29.1 Å². The maximum absolute atomic E-state index is 12.8. The fraction of sp³-hybridized carbons (Fsp3) is 0.636. The highest BCUT2D eigenvalue weighted by Crippen LogP contribution is 2.35. The van der Waals surface area contributed by atoms with E-state index in [0.29, 0.717) is 26.1 Å². The number of carbonyl (C=O) groups is 2. The van der Waals surface area contributed by atoms with Crippen LogP contribution in [0.15, 0.2) is 24.3 Å². The average molecular weight is 375 g/mol. The van der Waals surface area contributed by atoms with Crippen molar-refractivity contribution in [3.63, 3.8) is 0 Å². The molecule has 0 aromatic heterocycles. The molecule has 1 fully saturated rings. The van der Waals surface area contributed by atoms with Gasteiger partial charge in [0.25, 0.3) is 0 Å². The molecule has 0 bridgehead atoms. The fourth-order valence-electron chi connectivity index (χ4n) is 3.55. The van der Waals surface area contributed by atoms with Gasteiger partial charge >= 0.3 is 0 Å². The van der Waals surface area contributed by atoms with Crippen LogP contribution in [0.3, 0.4) is 0 Å². The SMILES string of the molecule is CCCCNC(=O)C1CN(C(=O)CC(C)(C)C)CC1c1ccc(OC)cc1. The van der Waals surface area contributed by atoms with Gasteiger partial charge in [-0.15, -0.1) is 0 Å². The maximum Gasteiger partial charge on any atom is 0.225 e. The third kappa shape index (κ3) is 5.98. The van der Waals surface area contributed by atoms with E-state index in [4.69, 9.17) is 4.74 Å². The van der Waals surface area contributed by atoms with Gasteiger partial charge in [-0.2, -0.15) is 0 Å². The summed E-state index contributed by atoms with van der Waals surface area (Å²) in [6.45, 7) is 10.1. The molecule has 1 aliphatic rings. The normalized spacial score (nSPS) is 19.8. The van der Waals surface area contributed by atoms with Crippen LogP contribution in [-0.2, 0) is 9.59 Å². The first-order valence-electron chi connectivity index (χ1n) is 9.94. The quantitative estimate of drug-likeness (QED) is 0.742. The van der Waals surface area contributed by atoms with E-state index in [1.807, 2.05) is 29.2 Å². The number of benzene rings is 1. The highest BCUT2D eigenvalue weighted by atomic mass is 16.5. The lowest BCUT2D eigenvalue weighted by Crippen LogP contribution is -2.36. The van der Waals surface area contributed by atoms with Gasteiger partial charge in [0.2, 0.25) is 11.8 Å². The van der Waals surface area contributed by atoms with E-state index in [1.165, 1.54) is 0 Å². The molecule has 5 heteroatoms. The summed E-state index contributed by atoms with van der Waals surface area (Å²) in [6.07, 6.45) is 2.51. The Kier molecular flexibility index (Phi) is 7.28. The van der Waals surface area contributed by atoms with Crippen LogP contribution >= 0.6 is 0 Å². The summed E-state index contributed by atoms with van der Waals surface area (Å²) in [5.74, 6) is 0.780. The zero-order valence-electron chi connectivity index (χ0n) is 17.4. The fourth-order valence-corrected chi connectivity index (χ4v) is 3.55.